The topological polar surface area (TPSA) is 18.5 Å². The third-order valence-electron chi connectivity index (χ3n) is 4.04. The Labute approximate surface area is 131 Å². The maximum absolute atomic E-state index is 3.75. The number of likely N-dealkylation sites (N-methyl/N-ethyl adjacent to an activating group) is 2. The first kappa shape index (κ1) is 18.1. The van der Waals surface area contributed by atoms with Gasteiger partial charge in [-0.25, -0.2) is 0 Å². The highest BCUT2D eigenvalue weighted by atomic mass is 15.2. The molecular formula is C18H33N3. The molecule has 2 atom stereocenters. The molecule has 0 fully saturated rings. The van der Waals surface area contributed by atoms with Crippen LogP contribution in [0.2, 0.25) is 0 Å². The van der Waals surface area contributed by atoms with Crippen molar-refractivity contribution < 1.29 is 0 Å². The van der Waals surface area contributed by atoms with Gasteiger partial charge in [-0.2, -0.15) is 0 Å². The molecule has 1 aromatic carbocycles. The van der Waals surface area contributed by atoms with E-state index in [1.807, 2.05) is 0 Å². The molecule has 0 saturated carbocycles. The van der Waals surface area contributed by atoms with E-state index in [0.29, 0.717) is 12.1 Å². The summed E-state index contributed by atoms with van der Waals surface area (Å²) in [6.07, 6.45) is 2.32. The lowest BCUT2D eigenvalue weighted by Gasteiger charge is -2.35. The quantitative estimate of drug-likeness (QED) is 0.715. The van der Waals surface area contributed by atoms with Crippen LogP contribution in [-0.2, 0) is 0 Å². The van der Waals surface area contributed by atoms with E-state index in [1.165, 1.54) is 12.0 Å². The maximum atomic E-state index is 3.75. The van der Waals surface area contributed by atoms with Crippen molar-refractivity contribution >= 4 is 0 Å². The zero-order valence-electron chi connectivity index (χ0n) is 14.5. The Hall–Kier alpha value is -0.900. The Morgan fingerprint density at radius 1 is 1.00 bits per heavy atom. The molecule has 3 nitrogen and oxygen atoms in total. The van der Waals surface area contributed by atoms with Crippen molar-refractivity contribution in [1.29, 1.82) is 0 Å². The second-order valence-corrected chi connectivity index (χ2v) is 6.10. The highest BCUT2D eigenvalue weighted by molar-refractivity contribution is 5.20. The first-order valence-electron chi connectivity index (χ1n) is 8.23. The van der Waals surface area contributed by atoms with E-state index < -0.39 is 0 Å². The van der Waals surface area contributed by atoms with Crippen molar-refractivity contribution in [2.24, 2.45) is 0 Å². The lowest BCUT2D eigenvalue weighted by molar-refractivity contribution is 0.171. The Bertz CT molecular complexity index is 364. The van der Waals surface area contributed by atoms with Gasteiger partial charge in [0, 0.05) is 25.2 Å². The summed E-state index contributed by atoms with van der Waals surface area (Å²) in [5.41, 5.74) is 1.40. The monoisotopic (exact) mass is 291 g/mol. The van der Waals surface area contributed by atoms with E-state index in [1.54, 1.807) is 0 Å². The van der Waals surface area contributed by atoms with Gasteiger partial charge in [-0.3, -0.25) is 0 Å². The van der Waals surface area contributed by atoms with Crippen LogP contribution in [0.15, 0.2) is 30.3 Å². The third-order valence-corrected chi connectivity index (χ3v) is 4.04. The van der Waals surface area contributed by atoms with E-state index in [0.717, 1.165) is 26.1 Å². The van der Waals surface area contributed by atoms with Crippen LogP contribution in [0.25, 0.3) is 0 Å². The summed E-state index contributed by atoms with van der Waals surface area (Å²) in [5, 5.41) is 3.75. The van der Waals surface area contributed by atoms with E-state index in [-0.39, 0.29) is 0 Å². The molecule has 0 radical (unpaired) electrons. The van der Waals surface area contributed by atoms with E-state index in [2.05, 4.69) is 80.4 Å². The Balaban J connectivity index is 2.82. The molecule has 1 N–H and O–H groups in total. The van der Waals surface area contributed by atoms with Crippen molar-refractivity contribution in [2.75, 3.05) is 40.8 Å². The molecule has 21 heavy (non-hydrogen) atoms. The lowest BCUT2D eigenvalue weighted by atomic mass is 9.96. The van der Waals surface area contributed by atoms with Gasteiger partial charge in [0.2, 0.25) is 0 Å². The fourth-order valence-electron chi connectivity index (χ4n) is 2.76. The summed E-state index contributed by atoms with van der Waals surface area (Å²) in [4.78, 5) is 4.75. The van der Waals surface area contributed by atoms with Gasteiger partial charge >= 0.3 is 0 Å². The minimum Gasteiger partial charge on any atom is -0.309 e. The van der Waals surface area contributed by atoms with Gasteiger partial charge in [0.05, 0.1) is 0 Å². The van der Waals surface area contributed by atoms with E-state index >= 15 is 0 Å². The average Bonchev–Trinajstić information content (AvgIpc) is 2.50. The Morgan fingerprint density at radius 3 is 2.19 bits per heavy atom. The number of hydrogen-bond donors (Lipinski definition) is 1. The second-order valence-electron chi connectivity index (χ2n) is 6.10. The van der Waals surface area contributed by atoms with Crippen LogP contribution in [0.1, 0.15) is 38.3 Å². The van der Waals surface area contributed by atoms with Gasteiger partial charge in [0.25, 0.3) is 0 Å². The molecule has 0 aliphatic carbocycles. The van der Waals surface area contributed by atoms with Crippen LogP contribution in [0, 0.1) is 0 Å². The van der Waals surface area contributed by atoms with E-state index in [9.17, 15) is 0 Å². The molecule has 0 heterocycles. The third kappa shape index (κ3) is 6.16. The summed E-state index contributed by atoms with van der Waals surface area (Å²) < 4.78 is 0. The minimum absolute atomic E-state index is 0.406. The lowest BCUT2D eigenvalue weighted by Crippen LogP contribution is -2.45. The zero-order chi connectivity index (χ0) is 15.7. The number of benzene rings is 1. The number of nitrogens with zero attached hydrogens (tertiary/aromatic N) is 2. The summed E-state index contributed by atoms with van der Waals surface area (Å²) in [6, 6.07) is 11.8. The average molecular weight is 291 g/mol. The summed E-state index contributed by atoms with van der Waals surface area (Å²) >= 11 is 0. The highest BCUT2D eigenvalue weighted by Gasteiger charge is 2.24. The van der Waals surface area contributed by atoms with Gasteiger partial charge < -0.3 is 15.1 Å². The largest absolute Gasteiger partial charge is 0.309 e. The van der Waals surface area contributed by atoms with Crippen molar-refractivity contribution in [3.05, 3.63) is 35.9 Å². The predicted molar refractivity (Wildman–Crippen MR) is 92.7 cm³/mol. The van der Waals surface area contributed by atoms with Gasteiger partial charge in [0.1, 0.15) is 0 Å². The molecular weight excluding hydrogens is 258 g/mol. The van der Waals surface area contributed by atoms with Crippen molar-refractivity contribution in [2.45, 2.75) is 38.8 Å². The maximum Gasteiger partial charge on any atom is 0.0477 e. The van der Waals surface area contributed by atoms with Crippen LogP contribution in [0.4, 0.5) is 0 Å². The normalized spacial score (nSPS) is 14.6. The van der Waals surface area contributed by atoms with Crippen molar-refractivity contribution in [3.8, 4) is 0 Å². The molecule has 0 aliphatic rings. The van der Waals surface area contributed by atoms with Crippen LogP contribution in [0.5, 0.6) is 0 Å². The number of rotatable bonds is 10. The molecule has 2 unspecified atom stereocenters. The zero-order valence-corrected chi connectivity index (χ0v) is 14.5. The molecule has 1 rings (SSSR count). The molecule has 1 aromatic rings. The fraction of sp³-hybridized carbons (Fsp3) is 0.667. The molecule has 0 amide bonds. The molecule has 0 bridgehead atoms. The van der Waals surface area contributed by atoms with E-state index in [4.69, 9.17) is 0 Å². The van der Waals surface area contributed by atoms with Gasteiger partial charge in [-0.05, 0) is 46.1 Å². The predicted octanol–water partition coefficient (Wildman–Crippen LogP) is 3.00. The SMILES string of the molecule is CCCNC(c1ccccc1)C(CC)N(C)CCN(C)C. The van der Waals surface area contributed by atoms with Crippen LogP contribution in [-0.4, -0.2) is 56.6 Å². The first-order valence-corrected chi connectivity index (χ1v) is 8.23. The van der Waals surface area contributed by atoms with Gasteiger partial charge in [0.15, 0.2) is 0 Å². The molecule has 0 saturated heterocycles. The minimum atomic E-state index is 0.406. The summed E-state index contributed by atoms with van der Waals surface area (Å²) in [5.74, 6) is 0. The second kappa shape index (κ2) is 9.93. The van der Waals surface area contributed by atoms with Crippen LogP contribution < -0.4 is 5.32 Å². The number of nitrogens with one attached hydrogen (secondary N) is 1. The molecule has 120 valence electrons. The van der Waals surface area contributed by atoms with Crippen LogP contribution in [0.3, 0.4) is 0 Å². The Morgan fingerprint density at radius 2 is 1.67 bits per heavy atom. The first-order chi connectivity index (χ1) is 10.1. The van der Waals surface area contributed by atoms with Crippen molar-refractivity contribution in [1.82, 2.24) is 15.1 Å². The fourth-order valence-corrected chi connectivity index (χ4v) is 2.76. The molecule has 0 spiro atoms. The Kier molecular flexibility index (Phi) is 8.58. The molecule has 3 heteroatoms. The highest BCUT2D eigenvalue weighted by Crippen LogP contribution is 2.22. The van der Waals surface area contributed by atoms with Gasteiger partial charge in [-0.15, -0.1) is 0 Å². The van der Waals surface area contributed by atoms with Crippen molar-refractivity contribution in [3.63, 3.8) is 0 Å². The standard InChI is InChI=1S/C18H33N3/c1-6-13-19-18(16-11-9-8-10-12-16)17(7-2)21(5)15-14-20(3)4/h8-12,17-19H,6-7,13-15H2,1-5H3. The molecule has 0 aliphatic heterocycles. The smallest absolute Gasteiger partial charge is 0.0477 e. The molecule has 0 aromatic heterocycles. The van der Waals surface area contributed by atoms with Gasteiger partial charge in [-0.1, -0.05) is 44.2 Å². The van der Waals surface area contributed by atoms with Crippen LogP contribution >= 0.6 is 0 Å². The summed E-state index contributed by atoms with van der Waals surface area (Å²) in [7, 11) is 6.53. The summed E-state index contributed by atoms with van der Waals surface area (Å²) in [6.45, 7) is 7.79. The number of hydrogen-bond acceptors (Lipinski definition) is 3.